The van der Waals surface area contributed by atoms with Crippen molar-refractivity contribution in [1.29, 1.82) is 0 Å². The molecule has 0 aromatic heterocycles. The van der Waals surface area contributed by atoms with Crippen LogP contribution in [0.5, 0.6) is 0 Å². The predicted octanol–water partition coefficient (Wildman–Crippen LogP) is 3.56. The Balaban J connectivity index is 1.64. The average molecular weight is 364 g/mol. The minimum Gasteiger partial charge on any atom is -0.373 e. The van der Waals surface area contributed by atoms with Crippen molar-refractivity contribution in [3.63, 3.8) is 0 Å². The second-order valence-electron chi connectivity index (χ2n) is 7.95. The molecule has 1 amide bonds. The third-order valence-electron chi connectivity index (χ3n) is 6.46. The van der Waals surface area contributed by atoms with E-state index in [1.807, 2.05) is 19.2 Å². The molecular weight excluding hydrogens is 336 g/mol. The third-order valence-corrected chi connectivity index (χ3v) is 6.46. The highest BCUT2D eigenvalue weighted by Crippen LogP contribution is 2.51. The number of piperidine rings is 1. The molecule has 1 saturated carbocycles. The van der Waals surface area contributed by atoms with Crippen molar-refractivity contribution in [3.8, 4) is 0 Å². The lowest BCUT2D eigenvalue weighted by molar-refractivity contribution is -0.170. The van der Waals surface area contributed by atoms with E-state index in [0.29, 0.717) is 17.4 Å². The number of likely N-dealkylation sites (tertiary alicyclic amines) is 1. The van der Waals surface area contributed by atoms with Crippen LogP contribution in [0.2, 0.25) is 0 Å². The van der Waals surface area contributed by atoms with Crippen molar-refractivity contribution in [1.82, 2.24) is 4.90 Å². The normalized spacial score (nSPS) is 28.0. The summed E-state index contributed by atoms with van der Waals surface area (Å²) in [7, 11) is 1.83. The van der Waals surface area contributed by atoms with Crippen LogP contribution in [0.3, 0.4) is 0 Å². The van der Waals surface area contributed by atoms with Gasteiger partial charge in [0.2, 0.25) is 5.91 Å². The molecule has 2 aromatic carbocycles. The van der Waals surface area contributed by atoms with Gasteiger partial charge in [0, 0.05) is 44.1 Å². The molecule has 1 heterocycles. The summed E-state index contributed by atoms with van der Waals surface area (Å²) in [6.45, 7) is 3.01. The minimum absolute atomic E-state index is 0.323. The van der Waals surface area contributed by atoms with Gasteiger partial charge in [-0.25, -0.2) is 0 Å². The number of hydrogen-bond donors (Lipinski definition) is 1. The number of fused-ring (bicyclic) bond motifs is 2. The van der Waals surface area contributed by atoms with Crippen LogP contribution in [0.15, 0.2) is 54.6 Å². The smallest absolute Gasteiger partial charge is 0.248 e. The lowest BCUT2D eigenvalue weighted by Gasteiger charge is -2.55. The topological polar surface area (TPSA) is 55.6 Å². The maximum absolute atomic E-state index is 11.7. The molecule has 4 rings (SSSR count). The first-order chi connectivity index (χ1) is 13.1. The Morgan fingerprint density at radius 2 is 1.81 bits per heavy atom. The molecule has 3 atom stereocenters. The fourth-order valence-electron chi connectivity index (χ4n) is 5.33. The number of benzene rings is 2. The van der Waals surface area contributed by atoms with Gasteiger partial charge in [-0.2, -0.15) is 0 Å². The maximum atomic E-state index is 11.7. The van der Waals surface area contributed by atoms with E-state index in [1.54, 1.807) is 6.07 Å². The maximum Gasteiger partial charge on any atom is 0.248 e. The second-order valence-corrected chi connectivity index (χ2v) is 7.95. The van der Waals surface area contributed by atoms with E-state index in [4.69, 9.17) is 10.5 Å². The quantitative estimate of drug-likeness (QED) is 0.883. The van der Waals surface area contributed by atoms with Gasteiger partial charge in [-0.1, -0.05) is 48.9 Å². The molecule has 1 aliphatic heterocycles. The first kappa shape index (κ1) is 18.2. The van der Waals surface area contributed by atoms with E-state index in [-0.39, 0.29) is 11.5 Å². The summed E-state index contributed by atoms with van der Waals surface area (Å²) < 4.78 is 6.29. The first-order valence-electron chi connectivity index (χ1n) is 9.85. The molecule has 2 aromatic rings. The Bertz CT molecular complexity index is 791. The summed E-state index contributed by atoms with van der Waals surface area (Å²) in [5.74, 6) is 0.457. The molecular formula is C23H28N2O2. The molecule has 2 aliphatic rings. The van der Waals surface area contributed by atoms with Crippen molar-refractivity contribution >= 4 is 5.91 Å². The third kappa shape index (κ3) is 3.28. The number of rotatable bonds is 5. The van der Waals surface area contributed by atoms with Gasteiger partial charge < -0.3 is 10.5 Å². The fraction of sp³-hybridized carbons (Fsp3) is 0.435. The number of methoxy groups -OCH3 is 1. The number of carbonyl (C=O) groups excluding carboxylic acids is 1. The monoisotopic (exact) mass is 364 g/mol. The molecule has 0 radical (unpaired) electrons. The zero-order chi connectivity index (χ0) is 18.9. The SMILES string of the molecule is CO[C@]1(c2cccc(C(N)=O)c2)[C@@H]2CCC[C@H]1CN(Cc1ccccc1)C2. The van der Waals surface area contributed by atoms with E-state index in [2.05, 4.69) is 41.3 Å². The predicted molar refractivity (Wildman–Crippen MR) is 106 cm³/mol. The summed E-state index contributed by atoms with van der Waals surface area (Å²) in [4.78, 5) is 14.3. The highest BCUT2D eigenvalue weighted by atomic mass is 16.5. The van der Waals surface area contributed by atoms with Crippen LogP contribution in [-0.2, 0) is 16.9 Å². The molecule has 27 heavy (non-hydrogen) atoms. The minimum atomic E-state index is -0.380. The first-order valence-corrected chi connectivity index (χ1v) is 9.85. The Morgan fingerprint density at radius 1 is 1.11 bits per heavy atom. The molecule has 4 nitrogen and oxygen atoms in total. The number of primary amides is 1. The highest BCUT2D eigenvalue weighted by Gasteiger charge is 2.53. The molecule has 2 fully saturated rings. The van der Waals surface area contributed by atoms with E-state index < -0.39 is 0 Å². The van der Waals surface area contributed by atoms with Crippen LogP contribution in [0.4, 0.5) is 0 Å². The van der Waals surface area contributed by atoms with Crippen LogP contribution in [0.1, 0.15) is 40.7 Å². The zero-order valence-corrected chi connectivity index (χ0v) is 15.9. The van der Waals surface area contributed by atoms with Gasteiger partial charge in [-0.15, -0.1) is 0 Å². The Kier molecular flexibility index (Phi) is 5.02. The largest absolute Gasteiger partial charge is 0.373 e. The fourth-order valence-corrected chi connectivity index (χ4v) is 5.33. The summed E-state index contributed by atoms with van der Waals surface area (Å²) in [5, 5.41) is 0. The summed E-state index contributed by atoms with van der Waals surface area (Å²) in [6.07, 6.45) is 3.54. The summed E-state index contributed by atoms with van der Waals surface area (Å²) >= 11 is 0. The van der Waals surface area contributed by atoms with Crippen LogP contribution in [0.25, 0.3) is 0 Å². The molecule has 1 saturated heterocycles. The van der Waals surface area contributed by atoms with Crippen molar-refractivity contribution in [3.05, 3.63) is 71.3 Å². The van der Waals surface area contributed by atoms with Crippen molar-refractivity contribution in [2.75, 3.05) is 20.2 Å². The molecule has 0 unspecified atom stereocenters. The summed E-state index contributed by atoms with van der Waals surface area (Å²) in [6, 6.07) is 18.4. The molecule has 0 spiro atoms. The molecule has 1 aliphatic carbocycles. The number of amides is 1. The van der Waals surface area contributed by atoms with Gasteiger partial charge in [0.25, 0.3) is 0 Å². The van der Waals surface area contributed by atoms with Gasteiger partial charge in [0.05, 0.1) is 0 Å². The highest BCUT2D eigenvalue weighted by molar-refractivity contribution is 5.92. The molecule has 2 N–H and O–H groups in total. The van der Waals surface area contributed by atoms with E-state index in [1.165, 1.54) is 12.0 Å². The lowest BCUT2D eigenvalue weighted by Crippen LogP contribution is -2.58. The van der Waals surface area contributed by atoms with Crippen LogP contribution in [-0.4, -0.2) is 31.0 Å². The average Bonchev–Trinajstić information content (AvgIpc) is 2.68. The van der Waals surface area contributed by atoms with E-state index in [0.717, 1.165) is 38.0 Å². The number of carbonyl (C=O) groups is 1. The molecule has 142 valence electrons. The zero-order valence-electron chi connectivity index (χ0n) is 15.9. The Morgan fingerprint density at radius 3 is 2.44 bits per heavy atom. The number of nitrogens with zero attached hydrogens (tertiary/aromatic N) is 1. The number of ether oxygens (including phenoxy) is 1. The summed E-state index contributed by atoms with van der Waals surface area (Å²) in [5.41, 5.74) is 8.24. The Hall–Kier alpha value is -2.17. The van der Waals surface area contributed by atoms with Crippen LogP contribution in [0, 0.1) is 11.8 Å². The van der Waals surface area contributed by atoms with Crippen molar-refractivity contribution in [2.24, 2.45) is 17.6 Å². The van der Waals surface area contributed by atoms with Crippen molar-refractivity contribution < 1.29 is 9.53 Å². The van der Waals surface area contributed by atoms with Crippen molar-refractivity contribution in [2.45, 2.75) is 31.4 Å². The number of nitrogens with two attached hydrogens (primary N) is 1. The van der Waals surface area contributed by atoms with E-state index >= 15 is 0 Å². The number of hydrogen-bond acceptors (Lipinski definition) is 3. The standard InChI is InChI=1S/C23H28N2O2/c1-27-23(19-10-5-9-18(13-19)22(24)26)20-11-6-12-21(23)16-25(15-20)14-17-7-3-2-4-8-17/h2-5,7-10,13,20-21H,6,11-12,14-16H2,1H3,(H2,24,26)/t20-,21+,23-. The molecule has 2 bridgehead atoms. The van der Waals surface area contributed by atoms with Gasteiger partial charge in [-0.3, -0.25) is 9.69 Å². The lowest BCUT2D eigenvalue weighted by atomic mass is 9.62. The molecule has 4 heteroatoms. The Labute approximate surface area is 161 Å². The van der Waals surface area contributed by atoms with Crippen LogP contribution < -0.4 is 5.73 Å². The van der Waals surface area contributed by atoms with Gasteiger partial charge >= 0.3 is 0 Å². The van der Waals surface area contributed by atoms with Crippen LogP contribution >= 0.6 is 0 Å². The van der Waals surface area contributed by atoms with E-state index in [9.17, 15) is 4.79 Å². The second kappa shape index (κ2) is 7.45. The van der Waals surface area contributed by atoms with Gasteiger partial charge in [0.15, 0.2) is 0 Å². The van der Waals surface area contributed by atoms with Gasteiger partial charge in [-0.05, 0) is 36.1 Å². The van der Waals surface area contributed by atoms with Gasteiger partial charge in [0.1, 0.15) is 5.60 Å².